The van der Waals surface area contributed by atoms with Gasteiger partial charge in [0, 0.05) is 6.42 Å². The Hall–Kier alpha value is -1.06. The Kier molecular flexibility index (Phi) is 4.83. The maximum Gasteiger partial charge on any atom is 0.416 e. The number of carbonyl (C=O) groups is 2. The number of ether oxygens (including phenoxy) is 1. The Morgan fingerprint density at radius 2 is 2.00 bits per heavy atom. The molecule has 2 aliphatic rings. The summed E-state index contributed by atoms with van der Waals surface area (Å²) < 4.78 is 5.02. The molecule has 19 heavy (non-hydrogen) atoms. The quantitative estimate of drug-likeness (QED) is 0.784. The second kappa shape index (κ2) is 6.40. The van der Waals surface area contributed by atoms with E-state index in [1.807, 2.05) is 13.8 Å². The molecular weight excluding hydrogens is 242 g/mol. The van der Waals surface area contributed by atoms with Crippen LogP contribution in [0.4, 0.5) is 4.79 Å². The van der Waals surface area contributed by atoms with E-state index < -0.39 is 6.09 Å². The first-order valence-corrected chi connectivity index (χ1v) is 7.58. The van der Waals surface area contributed by atoms with Crippen molar-refractivity contribution in [2.45, 2.75) is 64.8 Å². The van der Waals surface area contributed by atoms with E-state index in [-0.39, 0.29) is 17.9 Å². The van der Waals surface area contributed by atoms with Crippen molar-refractivity contribution in [3.05, 3.63) is 0 Å². The molecule has 0 spiro atoms. The van der Waals surface area contributed by atoms with Gasteiger partial charge in [-0.2, -0.15) is 0 Å². The number of amides is 2. The standard InChI is InChI=1S/C15H25NO3/c1-11(2)13-10-19-15(18)16(13)14(17)9-8-12-6-4-3-5-7-12/h11-13H,3-10H2,1-2H3. The molecule has 1 aliphatic carbocycles. The summed E-state index contributed by atoms with van der Waals surface area (Å²) in [5, 5.41) is 0. The van der Waals surface area contributed by atoms with Gasteiger partial charge in [-0.3, -0.25) is 4.79 Å². The highest BCUT2D eigenvalue weighted by molar-refractivity contribution is 5.93. The SMILES string of the molecule is CC(C)C1COC(=O)N1C(=O)CCC1CCCCC1. The minimum absolute atomic E-state index is 0.0493. The molecule has 2 rings (SSSR count). The number of hydrogen-bond donors (Lipinski definition) is 0. The molecule has 0 bridgehead atoms. The summed E-state index contributed by atoms with van der Waals surface area (Å²) in [7, 11) is 0. The smallest absolute Gasteiger partial charge is 0.416 e. The Morgan fingerprint density at radius 1 is 1.32 bits per heavy atom. The van der Waals surface area contributed by atoms with Crippen LogP contribution in [0.15, 0.2) is 0 Å². The second-order valence-corrected chi connectivity index (χ2v) is 6.19. The molecule has 0 aromatic heterocycles. The number of carbonyl (C=O) groups excluding carboxylic acids is 2. The molecule has 108 valence electrons. The Morgan fingerprint density at radius 3 is 2.63 bits per heavy atom. The van der Waals surface area contributed by atoms with Gasteiger partial charge < -0.3 is 4.74 Å². The average Bonchev–Trinajstić information content (AvgIpc) is 2.79. The first kappa shape index (κ1) is 14.4. The zero-order valence-electron chi connectivity index (χ0n) is 12.1. The van der Waals surface area contributed by atoms with E-state index in [0.29, 0.717) is 18.9 Å². The van der Waals surface area contributed by atoms with Crippen molar-refractivity contribution >= 4 is 12.0 Å². The van der Waals surface area contributed by atoms with Gasteiger partial charge in [0.15, 0.2) is 0 Å². The topological polar surface area (TPSA) is 46.6 Å². The minimum atomic E-state index is -0.452. The molecular formula is C15H25NO3. The van der Waals surface area contributed by atoms with Crippen LogP contribution >= 0.6 is 0 Å². The monoisotopic (exact) mass is 267 g/mol. The van der Waals surface area contributed by atoms with Gasteiger partial charge in [-0.25, -0.2) is 9.69 Å². The summed E-state index contributed by atoms with van der Waals surface area (Å²) in [5.74, 6) is 0.880. The lowest BCUT2D eigenvalue weighted by Gasteiger charge is -2.25. The molecule has 1 unspecified atom stereocenters. The molecule has 2 amide bonds. The fourth-order valence-corrected chi connectivity index (χ4v) is 3.14. The molecule has 4 nitrogen and oxygen atoms in total. The highest BCUT2D eigenvalue weighted by Crippen LogP contribution is 2.28. The van der Waals surface area contributed by atoms with Gasteiger partial charge in [-0.05, 0) is 18.3 Å². The third-order valence-corrected chi connectivity index (χ3v) is 4.44. The van der Waals surface area contributed by atoms with E-state index in [1.54, 1.807) is 0 Å². The van der Waals surface area contributed by atoms with Crippen LogP contribution in [-0.4, -0.2) is 29.5 Å². The first-order valence-electron chi connectivity index (χ1n) is 7.58. The van der Waals surface area contributed by atoms with Crippen molar-refractivity contribution in [1.29, 1.82) is 0 Å². The van der Waals surface area contributed by atoms with Crippen LogP contribution in [-0.2, 0) is 9.53 Å². The van der Waals surface area contributed by atoms with Crippen molar-refractivity contribution in [2.24, 2.45) is 11.8 Å². The molecule has 0 radical (unpaired) electrons. The van der Waals surface area contributed by atoms with Crippen molar-refractivity contribution in [2.75, 3.05) is 6.61 Å². The number of cyclic esters (lactones) is 1. The van der Waals surface area contributed by atoms with Gasteiger partial charge >= 0.3 is 6.09 Å². The van der Waals surface area contributed by atoms with Crippen LogP contribution in [0.1, 0.15) is 58.8 Å². The van der Waals surface area contributed by atoms with Gasteiger partial charge in [0.25, 0.3) is 0 Å². The van der Waals surface area contributed by atoms with E-state index in [0.717, 1.165) is 6.42 Å². The van der Waals surface area contributed by atoms with E-state index in [2.05, 4.69) is 0 Å². The van der Waals surface area contributed by atoms with Gasteiger partial charge in [0.2, 0.25) is 5.91 Å². The average molecular weight is 267 g/mol. The number of hydrogen-bond acceptors (Lipinski definition) is 3. The largest absolute Gasteiger partial charge is 0.447 e. The summed E-state index contributed by atoms with van der Waals surface area (Å²) in [6.45, 7) is 4.40. The zero-order valence-corrected chi connectivity index (χ0v) is 12.1. The molecule has 1 aliphatic heterocycles. The lowest BCUT2D eigenvalue weighted by Crippen LogP contribution is -2.41. The third kappa shape index (κ3) is 3.48. The molecule has 1 saturated heterocycles. The van der Waals surface area contributed by atoms with Crippen LogP contribution in [0.25, 0.3) is 0 Å². The van der Waals surface area contributed by atoms with E-state index in [9.17, 15) is 9.59 Å². The van der Waals surface area contributed by atoms with Gasteiger partial charge in [-0.15, -0.1) is 0 Å². The summed E-state index contributed by atoms with van der Waals surface area (Å²) >= 11 is 0. The Labute approximate surface area is 115 Å². The van der Waals surface area contributed by atoms with Crippen LogP contribution < -0.4 is 0 Å². The van der Waals surface area contributed by atoms with Crippen LogP contribution in [0, 0.1) is 11.8 Å². The van der Waals surface area contributed by atoms with Crippen LogP contribution in [0.2, 0.25) is 0 Å². The van der Waals surface area contributed by atoms with Gasteiger partial charge in [0.05, 0.1) is 6.04 Å². The van der Waals surface area contributed by atoms with Crippen molar-refractivity contribution in [3.63, 3.8) is 0 Å². The summed E-state index contributed by atoms with van der Waals surface area (Å²) in [6.07, 6.45) is 7.36. The number of nitrogens with zero attached hydrogens (tertiary/aromatic N) is 1. The predicted molar refractivity (Wildman–Crippen MR) is 72.6 cm³/mol. The maximum absolute atomic E-state index is 12.2. The molecule has 0 aromatic carbocycles. The first-order chi connectivity index (χ1) is 9.09. The fraction of sp³-hybridized carbons (Fsp3) is 0.867. The lowest BCUT2D eigenvalue weighted by molar-refractivity contribution is -0.130. The molecule has 1 saturated carbocycles. The highest BCUT2D eigenvalue weighted by Gasteiger charge is 2.39. The fourth-order valence-electron chi connectivity index (χ4n) is 3.14. The second-order valence-electron chi connectivity index (χ2n) is 6.19. The molecule has 0 aromatic rings. The van der Waals surface area contributed by atoms with Crippen molar-refractivity contribution < 1.29 is 14.3 Å². The summed E-state index contributed by atoms with van der Waals surface area (Å²) in [5.41, 5.74) is 0. The van der Waals surface area contributed by atoms with Crippen molar-refractivity contribution in [3.8, 4) is 0 Å². The molecule has 1 heterocycles. The molecule has 4 heteroatoms. The highest BCUT2D eigenvalue weighted by atomic mass is 16.6. The summed E-state index contributed by atoms with van der Waals surface area (Å²) in [6, 6.07) is -0.0774. The van der Waals surface area contributed by atoms with Crippen molar-refractivity contribution in [1.82, 2.24) is 4.90 Å². The maximum atomic E-state index is 12.2. The van der Waals surface area contributed by atoms with Gasteiger partial charge in [-0.1, -0.05) is 46.0 Å². The van der Waals surface area contributed by atoms with E-state index in [4.69, 9.17) is 4.74 Å². The van der Waals surface area contributed by atoms with Crippen LogP contribution in [0.5, 0.6) is 0 Å². The summed E-state index contributed by atoms with van der Waals surface area (Å²) in [4.78, 5) is 25.3. The van der Waals surface area contributed by atoms with Crippen LogP contribution in [0.3, 0.4) is 0 Å². The number of rotatable bonds is 4. The Balaban J connectivity index is 1.85. The van der Waals surface area contributed by atoms with E-state index in [1.165, 1.54) is 37.0 Å². The molecule has 0 N–H and O–H groups in total. The zero-order chi connectivity index (χ0) is 13.8. The molecule has 2 fully saturated rings. The predicted octanol–water partition coefficient (Wildman–Crippen LogP) is 3.35. The Bertz CT molecular complexity index is 334. The third-order valence-electron chi connectivity index (χ3n) is 4.44. The van der Waals surface area contributed by atoms with E-state index >= 15 is 0 Å². The number of imide groups is 1. The van der Waals surface area contributed by atoms with Gasteiger partial charge in [0.1, 0.15) is 6.61 Å². The lowest BCUT2D eigenvalue weighted by atomic mass is 9.86. The molecule has 1 atom stereocenters. The normalized spacial score (nSPS) is 24.9. The minimum Gasteiger partial charge on any atom is -0.447 e.